The van der Waals surface area contributed by atoms with Crippen molar-refractivity contribution in [3.8, 4) is 0 Å². The Kier molecular flexibility index (Phi) is 8.09. The summed E-state index contributed by atoms with van der Waals surface area (Å²) < 4.78 is 27.7. The molecule has 0 saturated carbocycles. The van der Waals surface area contributed by atoms with Gasteiger partial charge in [0.15, 0.2) is 0 Å². The summed E-state index contributed by atoms with van der Waals surface area (Å²) in [6, 6.07) is 6.68. The number of hydrogen-bond acceptors (Lipinski definition) is 4. The van der Waals surface area contributed by atoms with Gasteiger partial charge in [-0.1, -0.05) is 18.6 Å². The van der Waals surface area contributed by atoms with Crippen molar-refractivity contribution < 1.29 is 13.2 Å². The van der Waals surface area contributed by atoms with Crippen LogP contribution in [0.25, 0.3) is 0 Å². The first-order valence-corrected chi connectivity index (χ1v) is 11.0. The highest BCUT2D eigenvalue weighted by atomic mass is 35.5. The zero-order valence-electron chi connectivity index (χ0n) is 15.9. The summed E-state index contributed by atoms with van der Waals surface area (Å²) >= 11 is 0. The monoisotopic (exact) mass is 415 g/mol. The van der Waals surface area contributed by atoms with E-state index in [0.29, 0.717) is 37.7 Å². The first-order chi connectivity index (χ1) is 12.5. The molecule has 1 aromatic rings. The molecule has 2 heterocycles. The predicted molar refractivity (Wildman–Crippen MR) is 109 cm³/mol. The van der Waals surface area contributed by atoms with Gasteiger partial charge in [-0.05, 0) is 57.3 Å². The number of rotatable bonds is 5. The van der Waals surface area contributed by atoms with E-state index in [1.54, 1.807) is 24.3 Å². The Hall–Kier alpha value is -1.15. The number of amides is 1. The second kappa shape index (κ2) is 9.87. The van der Waals surface area contributed by atoms with Gasteiger partial charge < -0.3 is 10.2 Å². The maximum atomic E-state index is 13.1. The second-order valence-corrected chi connectivity index (χ2v) is 9.18. The minimum atomic E-state index is -3.63. The maximum absolute atomic E-state index is 13.1. The van der Waals surface area contributed by atoms with Crippen LogP contribution in [0.15, 0.2) is 29.2 Å². The topological polar surface area (TPSA) is 69.7 Å². The van der Waals surface area contributed by atoms with Crippen LogP contribution in [0.4, 0.5) is 0 Å². The lowest BCUT2D eigenvalue weighted by molar-refractivity contribution is 0.0670. The number of hydrogen-bond donors (Lipinski definition) is 1. The number of piperidine rings is 2. The van der Waals surface area contributed by atoms with Crippen LogP contribution in [-0.4, -0.2) is 63.3 Å². The number of nitrogens with one attached hydrogen (secondary N) is 1. The highest BCUT2D eigenvalue weighted by Crippen LogP contribution is 2.26. The fraction of sp³-hybridized carbons (Fsp3) is 0.632. The molecule has 2 aliphatic rings. The molecule has 1 unspecified atom stereocenters. The summed E-state index contributed by atoms with van der Waals surface area (Å²) in [5.74, 6) is 0.255. The molecule has 0 spiro atoms. The van der Waals surface area contributed by atoms with E-state index in [0.717, 1.165) is 38.6 Å². The average molecular weight is 416 g/mol. The third-order valence-corrected chi connectivity index (χ3v) is 7.31. The van der Waals surface area contributed by atoms with Gasteiger partial charge in [-0.15, -0.1) is 12.4 Å². The predicted octanol–water partition coefficient (Wildman–Crippen LogP) is 2.35. The molecule has 3 rings (SSSR count). The minimum absolute atomic E-state index is 0. The Morgan fingerprint density at radius 1 is 1.11 bits per heavy atom. The fourth-order valence-corrected chi connectivity index (χ4v) is 5.69. The molecule has 1 atom stereocenters. The normalized spacial score (nSPS) is 21.5. The van der Waals surface area contributed by atoms with E-state index < -0.39 is 10.0 Å². The van der Waals surface area contributed by atoms with Crippen molar-refractivity contribution >= 4 is 28.3 Å². The Balaban J connectivity index is 0.00000261. The molecule has 1 aromatic carbocycles. The molecule has 0 aliphatic carbocycles. The van der Waals surface area contributed by atoms with Gasteiger partial charge in [0, 0.05) is 26.2 Å². The summed E-state index contributed by atoms with van der Waals surface area (Å²) in [5.41, 5.74) is 0.309. The largest absolute Gasteiger partial charge is 0.338 e. The highest BCUT2D eigenvalue weighted by Gasteiger charge is 2.32. The molecule has 2 fully saturated rings. The smallest absolute Gasteiger partial charge is 0.255 e. The van der Waals surface area contributed by atoms with Crippen LogP contribution in [0, 0.1) is 5.92 Å². The number of carbonyl (C=O) groups is 1. The van der Waals surface area contributed by atoms with E-state index in [1.807, 2.05) is 11.9 Å². The van der Waals surface area contributed by atoms with Crippen molar-refractivity contribution in [2.75, 3.05) is 39.8 Å². The van der Waals surface area contributed by atoms with Crippen LogP contribution in [0.1, 0.15) is 42.5 Å². The van der Waals surface area contributed by atoms with Crippen LogP contribution in [-0.2, 0) is 10.0 Å². The molecule has 2 saturated heterocycles. The van der Waals surface area contributed by atoms with Crippen molar-refractivity contribution in [2.24, 2.45) is 5.92 Å². The number of likely N-dealkylation sites (tertiary alicyclic amines) is 1. The van der Waals surface area contributed by atoms with Crippen LogP contribution < -0.4 is 5.32 Å². The standard InChI is InChI=1S/C19H29N3O3S.ClH/c1-20-14-16-8-7-11-21(15-16)19(23)17-9-3-4-10-18(17)26(24,25)22-12-5-2-6-13-22;/h3-4,9-10,16,20H,2,5-8,11-15H2,1H3;1H. The number of nitrogens with zero attached hydrogens (tertiary/aromatic N) is 2. The van der Waals surface area contributed by atoms with Crippen LogP contribution >= 0.6 is 12.4 Å². The quantitative estimate of drug-likeness (QED) is 0.801. The molecule has 0 aromatic heterocycles. The summed E-state index contributed by atoms with van der Waals surface area (Å²) in [6.45, 7) is 3.32. The molecule has 0 bridgehead atoms. The van der Waals surface area contributed by atoms with Gasteiger partial charge in [-0.3, -0.25) is 4.79 Å². The third kappa shape index (κ3) is 5.02. The number of carbonyl (C=O) groups excluding carboxylic acids is 1. The van der Waals surface area contributed by atoms with Crippen molar-refractivity contribution in [1.82, 2.24) is 14.5 Å². The maximum Gasteiger partial charge on any atom is 0.255 e. The molecule has 1 N–H and O–H groups in total. The van der Waals surface area contributed by atoms with Crippen molar-refractivity contribution in [3.05, 3.63) is 29.8 Å². The van der Waals surface area contributed by atoms with Crippen LogP contribution in [0.2, 0.25) is 0 Å². The molecule has 2 aliphatic heterocycles. The molecule has 27 heavy (non-hydrogen) atoms. The summed E-state index contributed by atoms with van der Waals surface area (Å²) in [4.78, 5) is 15.1. The zero-order valence-corrected chi connectivity index (χ0v) is 17.5. The Bertz CT molecular complexity index is 733. The van der Waals surface area contributed by atoms with E-state index in [4.69, 9.17) is 0 Å². The third-order valence-electron chi connectivity index (χ3n) is 5.35. The molecular weight excluding hydrogens is 386 g/mol. The molecule has 0 radical (unpaired) electrons. The van der Waals surface area contributed by atoms with Crippen molar-refractivity contribution in [2.45, 2.75) is 37.0 Å². The van der Waals surface area contributed by atoms with E-state index >= 15 is 0 Å². The van der Waals surface area contributed by atoms with E-state index in [2.05, 4.69) is 5.32 Å². The van der Waals surface area contributed by atoms with Gasteiger partial charge >= 0.3 is 0 Å². The summed E-state index contributed by atoms with van der Waals surface area (Å²) in [5, 5.41) is 3.17. The van der Waals surface area contributed by atoms with E-state index in [1.165, 1.54) is 4.31 Å². The van der Waals surface area contributed by atoms with Crippen molar-refractivity contribution in [1.29, 1.82) is 0 Å². The van der Waals surface area contributed by atoms with Crippen LogP contribution in [0.5, 0.6) is 0 Å². The zero-order chi connectivity index (χ0) is 18.6. The molecule has 6 nitrogen and oxygen atoms in total. The number of sulfonamides is 1. The van der Waals surface area contributed by atoms with Gasteiger partial charge in [-0.25, -0.2) is 8.42 Å². The lowest BCUT2D eigenvalue weighted by Gasteiger charge is -2.33. The molecule has 1 amide bonds. The summed E-state index contributed by atoms with van der Waals surface area (Å²) in [6.07, 6.45) is 4.88. The first kappa shape index (κ1) is 22.1. The lowest BCUT2D eigenvalue weighted by Crippen LogP contribution is -2.43. The lowest BCUT2D eigenvalue weighted by atomic mass is 9.97. The molecule has 152 valence electrons. The molecule has 8 heteroatoms. The number of benzene rings is 1. The van der Waals surface area contributed by atoms with Gasteiger partial charge in [-0.2, -0.15) is 4.31 Å². The van der Waals surface area contributed by atoms with Gasteiger partial charge in [0.25, 0.3) is 5.91 Å². The second-order valence-electron chi connectivity index (χ2n) is 7.28. The number of halogens is 1. The highest BCUT2D eigenvalue weighted by molar-refractivity contribution is 7.89. The average Bonchev–Trinajstić information content (AvgIpc) is 2.68. The first-order valence-electron chi connectivity index (χ1n) is 9.57. The fourth-order valence-electron chi connectivity index (χ4n) is 3.99. The van der Waals surface area contributed by atoms with Gasteiger partial charge in [0.05, 0.1) is 10.5 Å². The summed E-state index contributed by atoms with van der Waals surface area (Å²) in [7, 11) is -1.71. The minimum Gasteiger partial charge on any atom is -0.338 e. The molecular formula is C19H30ClN3O3S. The van der Waals surface area contributed by atoms with E-state index in [-0.39, 0.29) is 23.2 Å². The van der Waals surface area contributed by atoms with Gasteiger partial charge in [0.2, 0.25) is 10.0 Å². The Labute approximate surface area is 168 Å². The van der Waals surface area contributed by atoms with Gasteiger partial charge in [0.1, 0.15) is 0 Å². The van der Waals surface area contributed by atoms with Crippen LogP contribution in [0.3, 0.4) is 0 Å². The van der Waals surface area contributed by atoms with E-state index in [9.17, 15) is 13.2 Å². The Morgan fingerprint density at radius 3 is 2.52 bits per heavy atom. The van der Waals surface area contributed by atoms with Crippen molar-refractivity contribution in [3.63, 3.8) is 0 Å². The SMILES string of the molecule is CNCC1CCCN(C(=O)c2ccccc2S(=O)(=O)N2CCCCC2)C1.Cl. The Morgan fingerprint density at radius 2 is 1.81 bits per heavy atom.